The van der Waals surface area contributed by atoms with Gasteiger partial charge in [0.25, 0.3) is 0 Å². The summed E-state index contributed by atoms with van der Waals surface area (Å²) in [5.41, 5.74) is 1.66. The number of hydrogen-bond acceptors (Lipinski definition) is 1. The second-order valence-electron chi connectivity index (χ2n) is 3.83. The van der Waals surface area contributed by atoms with E-state index in [1.165, 1.54) is 0 Å². The Morgan fingerprint density at radius 2 is 2.23 bits per heavy atom. The van der Waals surface area contributed by atoms with Crippen LogP contribution in [0, 0.1) is 18.7 Å². The van der Waals surface area contributed by atoms with Crippen LogP contribution in [0.25, 0.3) is 0 Å². The van der Waals surface area contributed by atoms with Crippen LogP contribution in [0.2, 0.25) is 0 Å². The molecule has 1 heterocycles. The second kappa shape index (κ2) is 3.02. The minimum Gasteiger partial charge on any atom is -0.493 e. The first kappa shape index (κ1) is 8.54. The van der Waals surface area contributed by atoms with E-state index < -0.39 is 0 Å². The molecule has 0 aromatic heterocycles. The van der Waals surface area contributed by atoms with Gasteiger partial charge in [-0.25, -0.2) is 4.39 Å². The van der Waals surface area contributed by atoms with Crippen molar-refractivity contribution in [3.63, 3.8) is 0 Å². The maximum Gasteiger partial charge on any atom is 0.126 e. The van der Waals surface area contributed by atoms with Gasteiger partial charge < -0.3 is 4.74 Å². The summed E-state index contributed by atoms with van der Waals surface area (Å²) >= 11 is 0. The average Bonchev–Trinajstić information content (AvgIpc) is 2.08. The molecule has 0 bridgehead atoms. The van der Waals surface area contributed by atoms with Gasteiger partial charge in [0.2, 0.25) is 0 Å². The van der Waals surface area contributed by atoms with Crippen LogP contribution in [0.1, 0.15) is 18.1 Å². The number of hydrogen-bond donors (Lipinski definition) is 0. The van der Waals surface area contributed by atoms with E-state index in [0.29, 0.717) is 11.5 Å². The van der Waals surface area contributed by atoms with E-state index in [-0.39, 0.29) is 5.82 Å². The summed E-state index contributed by atoms with van der Waals surface area (Å²) in [4.78, 5) is 0. The van der Waals surface area contributed by atoms with Crippen molar-refractivity contribution in [2.45, 2.75) is 20.3 Å². The smallest absolute Gasteiger partial charge is 0.126 e. The van der Waals surface area contributed by atoms with E-state index in [0.717, 1.165) is 24.3 Å². The van der Waals surface area contributed by atoms with Gasteiger partial charge in [-0.2, -0.15) is 0 Å². The summed E-state index contributed by atoms with van der Waals surface area (Å²) in [5.74, 6) is 1.23. The molecule has 0 N–H and O–H groups in total. The van der Waals surface area contributed by atoms with Gasteiger partial charge in [0, 0.05) is 0 Å². The van der Waals surface area contributed by atoms with Crippen molar-refractivity contribution in [2.24, 2.45) is 5.92 Å². The van der Waals surface area contributed by atoms with Crippen LogP contribution in [-0.2, 0) is 6.42 Å². The van der Waals surface area contributed by atoms with Gasteiger partial charge >= 0.3 is 0 Å². The van der Waals surface area contributed by atoms with Gasteiger partial charge in [0.1, 0.15) is 11.6 Å². The van der Waals surface area contributed by atoms with E-state index in [9.17, 15) is 4.39 Å². The third-order valence-corrected chi connectivity index (χ3v) is 2.43. The minimum atomic E-state index is -0.128. The zero-order valence-electron chi connectivity index (χ0n) is 7.93. The van der Waals surface area contributed by atoms with Crippen LogP contribution in [0.5, 0.6) is 5.75 Å². The summed E-state index contributed by atoms with van der Waals surface area (Å²) in [7, 11) is 0. The van der Waals surface area contributed by atoms with Gasteiger partial charge in [-0.3, -0.25) is 0 Å². The second-order valence-corrected chi connectivity index (χ2v) is 3.83. The quantitative estimate of drug-likeness (QED) is 0.596. The van der Waals surface area contributed by atoms with Crippen molar-refractivity contribution in [1.82, 2.24) is 0 Å². The van der Waals surface area contributed by atoms with E-state index in [1.807, 2.05) is 0 Å². The summed E-state index contributed by atoms with van der Waals surface area (Å²) < 4.78 is 18.7. The molecule has 0 spiro atoms. The normalized spacial score (nSPS) is 20.7. The van der Waals surface area contributed by atoms with Gasteiger partial charge in [-0.05, 0) is 42.5 Å². The highest BCUT2D eigenvalue weighted by Gasteiger charge is 2.17. The molecule has 0 saturated carbocycles. The molecular formula is C11H13FO. The Morgan fingerprint density at radius 1 is 1.46 bits per heavy atom. The number of ether oxygens (including phenoxy) is 1. The first-order valence-electron chi connectivity index (χ1n) is 4.58. The van der Waals surface area contributed by atoms with Gasteiger partial charge in [-0.15, -0.1) is 0 Å². The minimum absolute atomic E-state index is 0.128. The Labute approximate surface area is 77.5 Å². The van der Waals surface area contributed by atoms with Crippen LogP contribution in [0.4, 0.5) is 4.39 Å². The molecule has 0 radical (unpaired) electrons. The summed E-state index contributed by atoms with van der Waals surface area (Å²) in [6.07, 6.45) is 0.923. The molecule has 1 aromatic rings. The molecule has 1 atom stereocenters. The van der Waals surface area contributed by atoms with Crippen molar-refractivity contribution < 1.29 is 9.13 Å². The van der Waals surface area contributed by atoms with E-state index in [1.54, 1.807) is 19.1 Å². The molecule has 2 rings (SSSR count). The van der Waals surface area contributed by atoms with Crippen molar-refractivity contribution in [2.75, 3.05) is 6.61 Å². The molecule has 1 aliphatic rings. The lowest BCUT2D eigenvalue weighted by Gasteiger charge is -2.22. The molecule has 2 heteroatoms. The molecular weight excluding hydrogens is 167 g/mol. The Bertz CT molecular complexity index is 333. The Morgan fingerprint density at radius 3 is 3.00 bits per heavy atom. The van der Waals surface area contributed by atoms with E-state index in [2.05, 4.69) is 6.92 Å². The molecule has 1 aromatic carbocycles. The highest BCUT2D eigenvalue weighted by atomic mass is 19.1. The average molecular weight is 180 g/mol. The highest BCUT2D eigenvalue weighted by molar-refractivity contribution is 5.39. The number of aryl methyl sites for hydroxylation is 1. The van der Waals surface area contributed by atoms with Crippen LogP contribution in [-0.4, -0.2) is 6.61 Å². The molecule has 1 aliphatic heterocycles. The number of halogens is 1. The van der Waals surface area contributed by atoms with Gasteiger partial charge in [0.05, 0.1) is 6.61 Å². The predicted molar refractivity (Wildman–Crippen MR) is 49.5 cm³/mol. The molecule has 0 fully saturated rings. The zero-order chi connectivity index (χ0) is 9.42. The number of rotatable bonds is 0. The van der Waals surface area contributed by atoms with E-state index in [4.69, 9.17) is 4.74 Å². The van der Waals surface area contributed by atoms with Gasteiger partial charge in [-0.1, -0.05) is 6.92 Å². The van der Waals surface area contributed by atoms with Crippen LogP contribution < -0.4 is 4.74 Å². The molecule has 13 heavy (non-hydrogen) atoms. The zero-order valence-corrected chi connectivity index (χ0v) is 7.93. The standard InChI is InChI=1S/C11H13FO/c1-7-3-9-5-10(12)8(2)4-11(9)13-6-7/h4-5,7H,3,6H2,1-2H3. The summed E-state index contributed by atoms with van der Waals surface area (Å²) in [6, 6.07) is 3.39. The SMILES string of the molecule is Cc1cc2c(cc1F)CC(C)CO2. The van der Waals surface area contributed by atoms with Gasteiger partial charge in [0.15, 0.2) is 0 Å². The number of fused-ring (bicyclic) bond motifs is 1. The monoisotopic (exact) mass is 180 g/mol. The molecule has 1 unspecified atom stereocenters. The first-order chi connectivity index (χ1) is 6.16. The molecule has 70 valence electrons. The van der Waals surface area contributed by atoms with Crippen molar-refractivity contribution in [1.29, 1.82) is 0 Å². The summed E-state index contributed by atoms with van der Waals surface area (Å²) in [5, 5.41) is 0. The fourth-order valence-electron chi connectivity index (χ4n) is 1.66. The number of benzene rings is 1. The Kier molecular flexibility index (Phi) is 1.98. The lowest BCUT2D eigenvalue weighted by molar-refractivity contribution is 0.233. The van der Waals surface area contributed by atoms with Crippen LogP contribution in [0.15, 0.2) is 12.1 Å². The van der Waals surface area contributed by atoms with Crippen LogP contribution in [0.3, 0.4) is 0 Å². The first-order valence-corrected chi connectivity index (χ1v) is 4.58. The molecule has 0 saturated heterocycles. The van der Waals surface area contributed by atoms with Crippen molar-refractivity contribution >= 4 is 0 Å². The third-order valence-electron chi connectivity index (χ3n) is 2.43. The topological polar surface area (TPSA) is 9.23 Å². The van der Waals surface area contributed by atoms with Crippen LogP contribution >= 0.6 is 0 Å². The third kappa shape index (κ3) is 1.53. The molecule has 0 amide bonds. The highest BCUT2D eigenvalue weighted by Crippen LogP contribution is 2.29. The van der Waals surface area contributed by atoms with Crippen molar-refractivity contribution in [3.8, 4) is 5.75 Å². The van der Waals surface area contributed by atoms with Crippen molar-refractivity contribution in [3.05, 3.63) is 29.1 Å². The molecule has 1 nitrogen and oxygen atoms in total. The van der Waals surface area contributed by atoms with E-state index >= 15 is 0 Å². The Balaban J connectivity index is 2.43. The maximum atomic E-state index is 13.2. The summed E-state index contributed by atoms with van der Waals surface area (Å²) in [6.45, 7) is 4.62. The fourth-order valence-corrected chi connectivity index (χ4v) is 1.66. The largest absolute Gasteiger partial charge is 0.493 e. The lowest BCUT2D eigenvalue weighted by Crippen LogP contribution is -2.18. The molecule has 0 aliphatic carbocycles. The lowest BCUT2D eigenvalue weighted by atomic mass is 9.97. The predicted octanol–water partition coefficient (Wildman–Crippen LogP) is 2.71. The maximum absolute atomic E-state index is 13.2. The fraction of sp³-hybridized carbons (Fsp3) is 0.455. The Hall–Kier alpha value is -1.05.